The number of nitrogen functional groups attached to an aromatic ring is 1. The molecular weight excluding hydrogens is 362 g/mol. The number of nitrogens with two attached hydrogens (primary N) is 1. The third kappa shape index (κ3) is 6.04. The number of hydrogen-bond donors (Lipinski definition) is 3. The van der Waals surface area contributed by atoms with Crippen LogP contribution in [0.5, 0.6) is 0 Å². The third-order valence-corrected chi connectivity index (χ3v) is 4.87. The predicted octanol–water partition coefficient (Wildman–Crippen LogP) is 2.83. The summed E-state index contributed by atoms with van der Waals surface area (Å²) in [7, 11) is 0. The van der Waals surface area contributed by atoms with E-state index in [1.165, 1.54) is 11.3 Å². The van der Waals surface area contributed by atoms with Gasteiger partial charge in [-0.05, 0) is 52.0 Å². The maximum Gasteiger partial charge on any atom is 0.270 e. The van der Waals surface area contributed by atoms with Crippen molar-refractivity contribution in [2.75, 3.05) is 24.1 Å². The summed E-state index contributed by atoms with van der Waals surface area (Å²) >= 11 is 1.21. The number of carbonyl (C=O) groups is 2. The summed E-state index contributed by atoms with van der Waals surface area (Å²) in [6.07, 6.45) is 0. The normalized spacial score (nSPS) is 11.2. The van der Waals surface area contributed by atoms with E-state index in [1.807, 2.05) is 0 Å². The Morgan fingerprint density at radius 1 is 1.11 bits per heavy atom. The van der Waals surface area contributed by atoms with Gasteiger partial charge in [0, 0.05) is 41.8 Å². The van der Waals surface area contributed by atoms with Crippen LogP contribution >= 0.6 is 11.3 Å². The van der Waals surface area contributed by atoms with Gasteiger partial charge in [0.2, 0.25) is 0 Å². The third-order valence-electron chi connectivity index (χ3n) is 4.11. The molecule has 2 amide bonds. The van der Waals surface area contributed by atoms with Gasteiger partial charge < -0.3 is 11.1 Å². The first-order valence-electron chi connectivity index (χ1n) is 8.94. The number of benzene rings is 1. The minimum absolute atomic E-state index is 0.244. The Bertz CT molecular complexity index is 763. The van der Waals surface area contributed by atoms with E-state index in [0.717, 1.165) is 6.54 Å². The molecule has 0 fully saturated rings. The van der Waals surface area contributed by atoms with E-state index >= 15 is 0 Å². The monoisotopic (exact) mass is 389 g/mol. The van der Waals surface area contributed by atoms with E-state index in [1.54, 1.807) is 29.6 Å². The second-order valence-corrected chi connectivity index (χ2v) is 7.65. The van der Waals surface area contributed by atoms with Crippen molar-refractivity contribution in [1.82, 2.24) is 15.2 Å². The van der Waals surface area contributed by atoms with Crippen molar-refractivity contribution in [2.45, 2.75) is 39.8 Å². The lowest BCUT2D eigenvalue weighted by atomic mass is 10.2. The van der Waals surface area contributed by atoms with Crippen molar-refractivity contribution >= 4 is 34.0 Å². The quantitative estimate of drug-likeness (QED) is 0.603. The van der Waals surface area contributed by atoms with Crippen LogP contribution in [-0.4, -0.2) is 46.9 Å². The molecule has 0 spiro atoms. The number of rotatable bonds is 8. The van der Waals surface area contributed by atoms with Crippen LogP contribution in [0, 0.1) is 0 Å². The Balaban J connectivity index is 1.88. The Labute approximate surface area is 164 Å². The number of aromatic nitrogens is 1. The van der Waals surface area contributed by atoms with E-state index in [9.17, 15) is 9.59 Å². The van der Waals surface area contributed by atoms with Gasteiger partial charge >= 0.3 is 0 Å². The SMILES string of the molecule is CC(C)N(CCNC(=O)c1csc(NC(=O)c2ccc(N)cc2)n1)C(C)C. The molecule has 0 aliphatic heterocycles. The highest BCUT2D eigenvalue weighted by Crippen LogP contribution is 2.17. The van der Waals surface area contributed by atoms with Crippen LogP contribution in [0.15, 0.2) is 29.6 Å². The zero-order valence-corrected chi connectivity index (χ0v) is 17.0. The molecule has 2 aromatic rings. The lowest BCUT2D eigenvalue weighted by Crippen LogP contribution is -2.42. The first-order valence-corrected chi connectivity index (χ1v) is 9.82. The van der Waals surface area contributed by atoms with E-state index in [4.69, 9.17) is 5.73 Å². The Morgan fingerprint density at radius 3 is 2.33 bits per heavy atom. The van der Waals surface area contributed by atoms with Crippen molar-refractivity contribution in [3.63, 3.8) is 0 Å². The molecule has 2 rings (SSSR count). The van der Waals surface area contributed by atoms with Crippen LogP contribution in [0.1, 0.15) is 48.5 Å². The molecule has 1 heterocycles. The van der Waals surface area contributed by atoms with Crippen molar-refractivity contribution in [3.05, 3.63) is 40.9 Å². The first-order chi connectivity index (χ1) is 12.8. The van der Waals surface area contributed by atoms with Gasteiger partial charge in [-0.1, -0.05) is 0 Å². The van der Waals surface area contributed by atoms with Crippen LogP contribution in [0.3, 0.4) is 0 Å². The van der Waals surface area contributed by atoms with Gasteiger partial charge in [0.1, 0.15) is 5.69 Å². The number of amides is 2. The Morgan fingerprint density at radius 2 is 1.74 bits per heavy atom. The number of hydrogen-bond acceptors (Lipinski definition) is 6. The number of carbonyl (C=O) groups excluding carboxylic acids is 2. The molecule has 0 saturated carbocycles. The van der Waals surface area contributed by atoms with Gasteiger partial charge in [0.15, 0.2) is 5.13 Å². The summed E-state index contributed by atoms with van der Waals surface area (Å²) in [4.78, 5) is 31.0. The molecule has 4 N–H and O–H groups in total. The molecule has 0 bridgehead atoms. The molecule has 0 saturated heterocycles. The summed E-state index contributed by atoms with van der Waals surface area (Å²) in [5, 5.41) is 7.60. The topological polar surface area (TPSA) is 100 Å². The van der Waals surface area contributed by atoms with E-state index < -0.39 is 0 Å². The van der Waals surface area contributed by atoms with Crippen LogP contribution in [0.2, 0.25) is 0 Å². The largest absolute Gasteiger partial charge is 0.399 e. The van der Waals surface area contributed by atoms with Crippen LogP contribution in [0.4, 0.5) is 10.8 Å². The standard InChI is InChI=1S/C19H27N5O2S/c1-12(2)24(13(3)4)10-9-21-18(26)16-11-27-19(22-16)23-17(25)14-5-7-15(20)8-6-14/h5-8,11-13H,9-10,20H2,1-4H3,(H,21,26)(H,22,23,25). The maximum absolute atomic E-state index is 12.3. The molecule has 7 nitrogen and oxygen atoms in total. The molecule has 146 valence electrons. The number of anilines is 2. The van der Waals surface area contributed by atoms with Gasteiger partial charge in [-0.15, -0.1) is 11.3 Å². The number of nitrogens with one attached hydrogen (secondary N) is 2. The van der Waals surface area contributed by atoms with Gasteiger partial charge in [0.25, 0.3) is 11.8 Å². The van der Waals surface area contributed by atoms with E-state index in [-0.39, 0.29) is 11.8 Å². The fourth-order valence-electron chi connectivity index (χ4n) is 2.74. The number of nitrogens with zero attached hydrogens (tertiary/aromatic N) is 2. The van der Waals surface area contributed by atoms with Crippen molar-refractivity contribution < 1.29 is 9.59 Å². The molecular formula is C19H27N5O2S. The van der Waals surface area contributed by atoms with E-state index in [0.29, 0.717) is 40.7 Å². The Kier molecular flexibility index (Phi) is 7.32. The van der Waals surface area contributed by atoms with Gasteiger partial charge in [-0.2, -0.15) is 0 Å². The predicted molar refractivity (Wildman–Crippen MR) is 110 cm³/mol. The summed E-state index contributed by atoms with van der Waals surface area (Å²) in [6, 6.07) is 7.43. The summed E-state index contributed by atoms with van der Waals surface area (Å²) in [6.45, 7) is 9.86. The highest BCUT2D eigenvalue weighted by atomic mass is 32.1. The van der Waals surface area contributed by atoms with Crippen molar-refractivity contribution in [1.29, 1.82) is 0 Å². The maximum atomic E-state index is 12.3. The van der Waals surface area contributed by atoms with Crippen molar-refractivity contribution in [2.24, 2.45) is 0 Å². The van der Waals surface area contributed by atoms with Crippen LogP contribution in [-0.2, 0) is 0 Å². The molecule has 8 heteroatoms. The van der Waals surface area contributed by atoms with Gasteiger partial charge in [-0.3, -0.25) is 19.8 Å². The molecule has 1 aromatic heterocycles. The Hall–Kier alpha value is -2.45. The minimum Gasteiger partial charge on any atom is -0.399 e. The number of thiazole rings is 1. The molecule has 0 unspecified atom stereocenters. The first kappa shape index (κ1) is 20.9. The zero-order chi connectivity index (χ0) is 20.0. The van der Waals surface area contributed by atoms with Crippen LogP contribution < -0.4 is 16.4 Å². The summed E-state index contributed by atoms with van der Waals surface area (Å²) in [5.74, 6) is -0.535. The molecule has 1 aromatic carbocycles. The lowest BCUT2D eigenvalue weighted by Gasteiger charge is -2.30. The molecule has 27 heavy (non-hydrogen) atoms. The highest BCUT2D eigenvalue weighted by molar-refractivity contribution is 7.14. The molecule has 0 aliphatic rings. The average Bonchev–Trinajstić information content (AvgIpc) is 3.07. The average molecular weight is 390 g/mol. The van der Waals surface area contributed by atoms with Gasteiger partial charge in [-0.25, -0.2) is 4.98 Å². The summed E-state index contributed by atoms with van der Waals surface area (Å²) in [5.41, 5.74) is 6.99. The lowest BCUT2D eigenvalue weighted by molar-refractivity contribution is 0.0934. The van der Waals surface area contributed by atoms with Crippen molar-refractivity contribution in [3.8, 4) is 0 Å². The zero-order valence-electron chi connectivity index (χ0n) is 16.2. The summed E-state index contributed by atoms with van der Waals surface area (Å²) < 4.78 is 0. The van der Waals surface area contributed by atoms with Crippen LogP contribution in [0.25, 0.3) is 0 Å². The highest BCUT2D eigenvalue weighted by Gasteiger charge is 2.15. The minimum atomic E-state index is -0.291. The van der Waals surface area contributed by atoms with Gasteiger partial charge in [0.05, 0.1) is 0 Å². The second kappa shape index (κ2) is 9.48. The van der Waals surface area contributed by atoms with E-state index in [2.05, 4.69) is 48.2 Å². The molecule has 0 aliphatic carbocycles. The fraction of sp³-hybridized carbons (Fsp3) is 0.421. The second-order valence-electron chi connectivity index (χ2n) is 6.80. The molecule has 0 radical (unpaired) electrons. The molecule has 0 atom stereocenters. The fourth-order valence-corrected chi connectivity index (χ4v) is 3.43. The smallest absolute Gasteiger partial charge is 0.270 e.